The second-order valence-electron chi connectivity index (χ2n) is 6.16. The van der Waals surface area contributed by atoms with Gasteiger partial charge < -0.3 is 10.2 Å². The molecule has 2 aromatic rings. The van der Waals surface area contributed by atoms with Crippen LogP contribution in [0.2, 0.25) is 0 Å². The average molecular weight is 347 g/mol. The van der Waals surface area contributed by atoms with Crippen LogP contribution < -0.4 is 5.32 Å². The summed E-state index contributed by atoms with van der Waals surface area (Å²) >= 11 is 3.53. The minimum Gasteiger partial charge on any atom is -0.369 e. The van der Waals surface area contributed by atoms with Crippen LogP contribution in [0.1, 0.15) is 12.8 Å². The van der Waals surface area contributed by atoms with Crippen LogP contribution >= 0.6 is 15.9 Å². The van der Waals surface area contributed by atoms with Crippen LogP contribution in [0.25, 0.3) is 10.9 Å². The van der Waals surface area contributed by atoms with Crippen LogP contribution in [-0.4, -0.2) is 41.0 Å². The highest BCUT2D eigenvalue weighted by Gasteiger charge is 2.33. The molecule has 0 spiro atoms. The molecule has 3 aliphatic rings. The maximum Gasteiger partial charge on any atom is 0.137 e. The Bertz CT molecular complexity index is 652. The third kappa shape index (κ3) is 2.64. The minimum absolute atomic E-state index is 0.754. The number of halogens is 1. The van der Waals surface area contributed by atoms with Gasteiger partial charge in [-0.25, -0.2) is 9.97 Å². The SMILES string of the molecule is Brc1ccc2ncnc(NCC3CN4CCC3CC4)c2c1. The minimum atomic E-state index is 0.754. The van der Waals surface area contributed by atoms with E-state index in [1.165, 1.54) is 32.5 Å². The third-order valence-electron chi connectivity index (χ3n) is 4.92. The number of piperidine rings is 3. The molecule has 110 valence electrons. The van der Waals surface area contributed by atoms with Gasteiger partial charge >= 0.3 is 0 Å². The van der Waals surface area contributed by atoms with Crippen LogP contribution in [0.5, 0.6) is 0 Å². The average Bonchev–Trinajstić information content (AvgIpc) is 2.54. The van der Waals surface area contributed by atoms with E-state index in [0.717, 1.165) is 39.6 Å². The molecule has 5 heteroatoms. The Morgan fingerprint density at radius 3 is 2.86 bits per heavy atom. The monoisotopic (exact) mass is 346 g/mol. The molecular weight excluding hydrogens is 328 g/mol. The van der Waals surface area contributed by atoms with Gasteiger partial charge in [-0.05, 0) is 56.0 Å². The number of nitrogens with zero attached hydrogens (tertiary/aromatic N) is 3. The van der Waals surface area contributed by atoms with Crippen molar-refractivity contribution in [3.8, 4) is 0 Å². The number of anilines is 1. The normalized spacial score (nSPS) is 28.0. The number of benzene rings is 1. The molecule has 2 bridgehead atoms. The van der Waals surface area contributed by atoms with Gasteiger partial charge in [0.15, 0.2) is 0 Å². The van der Waals surface area contributed by atoms with Gasteiger partial charge in [0.25, 0.3) is 0 Å². The summed E-state index contributed by atoms with van der Waals surface area (Å²) in [6.45, 7) is 4.85. The first-order valence-corrected chi connectivity index (χ1v) is 8.45. The Hall–Kier alpha value is -1.20. The molecular formula is C16H19BrN4. The van der Waals surface area contributed by atoms with Gasteiger partial charge in [0.2, 0.25) is 0 Å². The smallest absolute Gasteiger partial charge is 0.137 e. The summed E-state index contributed by atoms with van der Waals surface area (Å²) < 4.78 is 1.07. The van der Waals surface area contributed by atoms with Crippen LogP contribution in [0, 0.1) is 11.8 Å². The quantitative estimate of drug-likeness (QED) is 0.926. The van der Waals surface area contributed by atoms with Crippen LogP contribution in [0.4, 0.5) is 5.82 Å². The fourth-order valence-electron chi connectivity index (χ4n) is 3.72. The van der Waals surface area contributed by atoms with E-state index in [4.69, 9.17) is 0 Å². The number of hydrogen-bond donors (Lipinski definition) is 1. The van der Waals surface area contributed by atoms with Crippen LogP contribution in [0.15, 0.2) is 29.0 Å². The lowest BCUT2D eigenvalue weighted by molar-refractivity contribution is 0.0574. The molecule has 4 heterocycles. The first-order valence-electron chi connectivity index (χ1n) is 7.66. The zero-order valence-electron chi connectivity index (χ0n) is 11.9. The topological polar surface area (TPSA) is 41.1 Å². The van der Waals surface area contributed by atoms with Crippen molar-refractivity contribution in [2.45, 2.75) is 12.8 Å². The second kappa shape index (κ2) is 5.54. The highest BCUT2D eigenvalue weighted by atomic mass is 79.9. The van der Waals surface area contributed by atoms with Gasteiger partial charge in [-0.1, -0.05) is 15.9 Å². The Morgan fingerprint density at radius 1 is 1.24 bits per heavy atom. The summed E-state index contributed by atoms with van der Waals surface area (Å²) in [6, 6.07) is 6.14. The van der Waals surface area contributed by atoms with Crippen molar-refractivity contribution in [1.29, 1.82) is 0 Å². The summed E-state index contributed by atoms with van der Waals surface area (Å²) in [7, 11) is 0. The third-order valence-corrected chi connectivity index (χ3v) is 5.41. The maximum atomic E-state index is 4.44. The molecule has 1 unspecified atom stereocenters. The Kier molecular flexibility index (Phi) is 3.55. The van der Waals surface area contributed by atoms with E-state index in [2.05, 4.69) is 42.2 Å². The van der Waals surface area contributed by atoms with E-state index in [1.807, 2.05) is 12.1 Å². The van der Waals surface area contributed by atoms with Crippen molar-refractivity contribution in [1.82, 2.24) is 14.9 Å². The van der Waals surface area contributed by atoms with Gasteiger partial charge in [0.05, 0.1) is 5.52 Å². The predicted octanol–water partition coefficient (Wildman–Crippen LogP) is 3.15. The van der Waals surface area contributed by atoms with Crippen molar-refractivity contribution in [3.05, 3.63) is 29.0 Å². The Balaban J connectivity index is 1.53. The molecule has 1 aromatic carbocycles. The van der Waals surface area contributed by atoms with Crippen molar-refractivity contribution < 1.29 is 0 Å². The lowest BCUT2D eigenvalue weighted by atomic mass is 9.79. The second-order valence-corrected chi connectivity index (χ2v) is 7.08. The van der Waals surface area contributed by atoms with Gasteiger partial charge in [0, 0.05) is 22.9 Å². The molecule has 3 fully saturated rings. The van der Waals surface area contributed by atoms with E-state index in [0.29, 0.717) is 0 Å². The molecule has 1 atom stereocenters. The maximum absolute atomic E-state index is 4.44. The summed E-state index contributed by atoms with van der Waals surface area (Å²) in [4.78, 5) is 11.4. The van der Waals surface area contributed by atoms with Crippen LogP contribution in [0.3, 0.4) is 0 Å². The molecule has 1 aromatic heterocycles. The fourth-order valence-corrected chi connectivity index (χ4v) is 4.08. The van der Waals surface area contributed by atoms with Gasteiger partial charge in [-0.15, -0.1) is 0 Å². The van der Waals surface area contributed by atoms with E-state index < -0.39 is 0 Å². The summed E-state index contributed by atoms with van der Waals surface area (Å²) in [6.07, 6.45) is 4.37. The van der Waals surface area contributed by atoms with Gasteiger partial charge in [-0.2, -0.15) is 0 Å². The van der Waals surface area contributed by atoms with Crippen molar-refractivity contribution in [2.24, 2.45) is 11.8 Å². The first-order chi connectivity index (χ1) is 10.3. The molecule has 0 radical (unpaired) electrons. The lowest BCUT2D eigenvalue weighted by Crippen LogP contribution is -2.49. The lowest BCUT2D eigenvalue weighted by Gasteiger charge is -2.44. The number of fused-ring (bicyclic) bond motifs is 4. The Labute approximate surface area is 133 Å². The summed E-state index contributed by atoms with van der Waals surface area (Å²) in [5, 5.41) is 4.66. The fraction of sp³-hybridized carbons (Fsp3) is 0.500. The molecule has 0 aliphatic carbocycles. The van der Waals surface area contributed by atoms with Gasteiger partial charge in [-0.3, -0.25) is 0 Å². The molecule has 1 N–H and O–H groups in total. The molecule has 0 amide bonds. The number of rotatable bonds is 3. The van der Waals surface area contributed by atoms with Crippen molar-refractivity contribution >= 4 is 32.7 Å². The zero-order chi connectivity index (χ0) is 14.2. The van der Waals surface area contributed by atoms with Crippen molar-refractivity contribution in [3.63, 3.8) is 0 Å². The molecule has 0 saturated carbocycles. The molecule has 5 rings (SSSR count). The molecule has 3 aliphatic heterocycles. The summed E-state index contributed by atoms with van der Waals surface area (Å²) in [5.41, 5.74) is 0.990. The Morgan fingerprint density at radius 2 is 2.10 bits per heavy atom. The molecule has 4 nitrogen and oxygen atoms in total. The van der Waals surface area contributed by atoms with E-state index in [9.17, 15) is 0 Å². The molecule has 3 saturated heterocycles. The van der Waals surface area contributed by atoms with E-state index in [1.54, 1.807) is 6.33 Å². The van der Waals surface area contributed by atoms with Gasteiger partial charge in [0.1, 0.15) is 12.1 Å². The number of aromatic nitrogens is 2. The highest BCUT2D eigenvalue weighted by molar-refractivity contribution is 9.10. The van der Waals surface area contributed by atoms with Crippen LogP contribution in [-0.2, 0) is 0 Å². The van der Waals surface area contributed by atoms with E-state index in [-0.39, 0.29) is 0 Å². The zero-order valence-corrected chi connectivity index (χ0v) is 13.5. The standard InChI is InChI=1S/C16H19BrN4/c17-13-1-2-15-14(7-13)16(20-10-19-15)18-8-12-9-21-5-3-11(12)4-6-21/h1-2,7,10-12H,3-6,8-9H2,(H,18,19,20). The first kappa shape index (κ1) is 13.5. The largest absolute Gasteiger partial charge is 0.369 e. The molecule has 21 heavy (non-hydrogen) atoms. The predicted molar refractivity (Wildman–Crippen MR) is 88.4 cm³/mol. The summed E-state index contributed by atoms with van der Waals surface area (Å²) in [5.74, 6) is 2.60. The number of nitrogens with one attached hydrogen (secondary N) is 1. The van der Waals surface area contributed by atoms with Crippen molar-refractivity contribution in [2.75, 3.05) is 31.5 Å². The highest BCUT2D eigenvalue weighted by Crippen LogP contribution is 2.32. The number of hydrogen-bond acceptors (Lipinski definition) is 4. The van der Waals surface area contributed by atoms with E-state index >= 15 is 0 Å².